The molecule has 1 atom stereocenters. The van der Waals surface area contributed by atoms with E-state index in [-0.39, 0.29) is 23.6 Å². The van der Waals surface area contributed by atoms with Gasteiger partial charge < -0.3 is 16.0 Å². The van der Waals surface area contributed by atoms with Gasteiger partial charge in [-0.15, -0.1) is 0 Å². The molecule has 142 valence electrons. The number of nitrogens with one attached hydrogen (secondary N) is 3. The lowest BCUT2D eigenvalue weighted by Gasteiger charge is -2.14. The third kappa shape index (κ3) is 5.14. The van der Waals surface area contributed by atoms with Crippen molar-refractivity contribution in [2.24, 2.45) is 0 Å². The minimum atomic E-state index is -0.289. The highest BCUT2D eigenvalue weighted by molar-refractivity contribution is 5.92. The summed E-state index contributed by atoms with van der Waals surface area (Å²) in [6.45, 7) is 3.37. The molecule has 1 unspecified atom stereocenters. The molecule has 0 aliphatic rings. The standard InChI is InChI=1S/C21H21N5O2/c1-14(16-7-4-3-5-8-16)24-21(28)19-12-23-20(13-22-19)26-18-10-6-9-17(11-18)25-15(2)27/h3-14H,1-2H3,(H,23,26)(H,24,28)(H,25,27). The van der Waals surface area contributed by atoms with E-state index in [9.17, 15) is 9.59 Å². The first kappa shape index (κ1) is 19.0. The van der Waals surface area contributed by atoms with Crippen LogP contribution in [-0.2, 0) is 4.79 Å². The third-order valence-electron chi connectivity index (χ3n) is 3.99. The number of benzene rings is 2. The summed E-state index contributed by atoms with van der Waals surface area (Å²) in [6.07, 6.45) is 2.92. The van der Waals surface area contributed by atoms with Crippen LogP contribution in [0.25, 0.3) is 0 Å². The molecule has 7 heteroatoms. The van der Waals surface area contributed by atoms with Gasteiger partial charge in [0.1, 0.15) is 11.5 Å². The van der Waals surface area contributed by atoms with Crippen molar-refractivity contribution in [1.82, 2.24) is 15.3 Å². The van der Waals surface area contributed by atoms with E-state index in [1.807, 2.05) is 49.4 Å². The molecule has 0 spiro atoms. The van der Waals surface area contributed by atoms with Crippen molar-refractivity contribution in [3.63, 3.8) is 0 Å². The molecule has 7 nitrogen and oxygen atoms in total. The van der Waals surface area contributed by atoms with Gasteiger partial charge in [-0.05, 0) is 30.7 Å². The van der Waals surface area contributed by atoms with Gasteiger partial charge in [0.05, 0.1) is 18.4 Å². The molecule has 1 heterocycles. The fourth-order valence-corrected chi connectivity index (χ4v) is 2.63. The van der Waals surface area contributed by atoms with Crippen molar-refractivity contribution < 1.29 is 9.59 Å². The van der Waals surface area contributed by atoms with Gasteiger partial charge in [-0.25, -0.2) is 9.97 Å². The number of hydrogen-bond acceptors (Lipinski definition) is 5. The number of amides is 2. The van der Waals surface area contributed by atoms with Gasteiger partial charge in [0.25, 0.3) is 5.91 Å². The van der Waals surface area contributed by atoms with E-state index in [1.54, 1.807) is 12.1 Å². The molecule has 0 saturated carbocycles. The largest absolute Gasteiger partial charge is 0.344 e. The summed E-state index contributed by atoms with van der Waals surface area (Å²) >= 11 is 0. The highest BCUT2D eigenvalue weighted by atomic mass is 16.2. The molecule has 0 fully saturated rings. The van der Waals surface area contributed by atoms with Crippen LogP contribution in [0.5, 0.6) is 0 Å². The van der Waals surface area contributed by atoms with E-state index in [0.717, 1.165) is 11.3 Å². The quantitative estimate of drug-likeness (QED) is 0.611. The van der Waals surface area contributed by atoms with Crippen molar-refractivity contribution in [3.05, 3.63) is 78.2 Å². The van der Waals surface area contributed by atoms with E-state index >= 15 is 0 Å². The first-order valence-corrected chi connectivity index (χ1v) is 8.84. The van der Waals surface area contributed by atoms with E-state index in [1.165, 1.54) is 19.3 Å². The minimum absolute atomic E-state index is 0.134. The highest BCUT2D eigenvalue weighted by Crippen LogP contribution is 2.18. The Hall–Kier alpha value is -3.74. The number of hydrogen-bond donors (Lipinski definition) is 3. The summed E-state index contributed by atoms with van der Waals surface area (Å²) in [4.78, 5) is 32.0. The highest BCUT2D eigenvalue weighted by Gasteiger charge is 2.13. The topological polar surface area (TPSA) is 96.0 Å². The fraction of sp³-hybridized carbons (Fsp3) is 0.143. The van der Waals surface area contributed by atoms with Crippen LogP contribution in [0, 0.1) is 0 Å². The summed E-state index contributed by atoms with van der Waals surface area (Å²) in [6, 6.07) is 16.8. The number of aromatic nitrogens is 2. The summed E-state index contributed by atoms with van der Waals surface area (Å²) in [7, 11) is 0. The van der Waals surface area contributed by atoms with Gasteiger partial charge in [0.2, 0.25) is 5.91 Å². The van der Waals surface area contributed by atoms with Gasteiger partial charge in [-0.1, -0.05) is 36.4 Å². The molecule has 3 rings (SSSR count). The Bertz CT molecular complexity index is 958. The zero-order chi connectivity index (χ0) is 19.9. The lowest BCUT2D eigenvalue weighted by atomic mass is 10.1. The Balaban J connectivity index is 1.63. The molecule has 3 N–H and O–H groups in total. The SMILES string of the molecule is CC(=O)Nc1cccc(Nc2cnc(C(=O)NC(C)c3ccccc3)cn2)c1. The molecule has 2 aromatic carbocycles. The number of carbonyl (C=O) groups excluding carboxylic acids is 2. The van der Waals surface area contributed by atoms with Gasteiger partial charge in [0.15, 0.2) is 0 Å². The van der Waals surface area contributed by atoms with E-state index < -0.39 is 0 Å². The Kier molecular flexibility index (Phi) is 5.96. The Morgan fingerprint density at radius 2 is 1.68 bits per heavy atom. The predicted octanol–water partition coefficient (Wildman–Crippen LogP) is 3.67. The predicted molar refractivity (Wildman–Crippen MR) is 108 cm³/mol. The van der Waals surface area contributed by atoms with Gasteiger partial charge in [-0.2, -0.15) is 0 Å². The second kappa shape index (κ2) is 8.77. The van der Waals surface area contributed by atoms with Crippen molar-refractivity contribution in [3.8, 4) is 0 Å². The lowest BCUT2D eigenvalue weighted by Crippen LogP contribution is -2.27. The van der Waals surface area contributed by atoms with Crippen molar-refractivity contribution in [2.75, 3.05) is 10.6 Å². The Labute approximate surface area is 163 Å². The van der Waals surface area contributed by atoms with E-state index in [0.29, 0.717) is 11.5 Å². The molecule has 0 saturated heterocycles. The maximum Gasteiger partial charge on any atom is 0.271 e. The fourth-order valence-electron chi connectivity index (χ4n) is 2.63. The van der Waals surface area contributed by atoms with Crippen molar-refractivity contribution in [1.29, 1.82) is 0 Å². The first-order valence-electron chi connectivity index (χ1n) is 8.84. The second-order valence-electron chi connectivity index (χ2n) is 6.28. The molecule has 0 aliphatic carbocycles. The summed E-state index contributed by atoms with van der Waals surface area (Å²) in [5.41, 5.74) is 2.67. The summed E-state index contributed by atoms with van der Waals surface area (Å²) in [5, 5.41) is 8.72. The molecule has 3 aromatic rings. The van der Waals surface area contributed by atoms with Crippen LogP contribution < -0.4 is 16.0 Å². The van der Waals surface area contributed by atoms with E-state index in [2.05, 4.69) is 25.9 Å². The van der Waals surface area contributed by atoms with Crippen molar-refractivity contribution in [2.45, 2.75) is 19.9 Å². The van der Waals surface area contributed by atoms with Crippen LogP contribution in [0.15, 0.2) is 67.0 Å². The zero-order valence-corrected chi connectivity index (χ0v) is 15.6. The molecule has 0 aliphatic heterocycles. The van der Waals surface area contributed by atoms with Gasteiger partial charge in [-0.3, -0.25) is 9.59 Å². The minimum Gasteiger partial charge on any atom is -0.344 e. The second-order valence-corrected chi connectivity index (χ2v) is 6.28. The zero-order valence-electron chi connectivity index (χ0n) is 15.6. The van der Waals surface area contributed by atoms with Crippen LogP contribution in [0.2, 0.25) is 0 Å². The average Bonchev–Trinajstić information content (AvgIpc) is 2.69. The average molecular weight is 375 g/mol. The summed E-state index contributed by atoms with van der Waals surface area (Å²) in [5.74, 6) is 0.0627. The Morgan fingerprint density at radius 3 is 2.36 bits per heavy atom. The number of anilines is 3. The van der Waals surface area contributed by atoms with Crippen molar-refractivity contribution >= 4 is 29.0 Å². The first-order chi connectivity index (χ1) is 13.5. The molecule has 0 radical (unpaired) electrons. The number of nitrogens with zero attached hydrogens (tertiary/aromatic N) is 2. The normalized spacial score (nSPS) is 11.4. The molecule has 0 bridgehead atoms. The van der Waals surface area contributed by atoms with Crippen LogP contribution in [0.4, 0.5) is 17.2 Å². The molecular formula is C21H21N5O2. The third-order valence-corrected chi connectivity index (χ3v) is 3.99. The number of carbonyl (C=O) groups is 2. The molecule has 1 aromatic heterocycles. The maximum atomic E-state index is 12.4. The monoisotopic (exact) mass is 375 g/mol. The molecular weight excluding hydrogens is 354 g/mol. The van der Waals surface area contributed by atoms with Crippen LogP contribution in [0.1, 0.15) is 35.9 Å². The lowest BCUT2D eigenvalue weighted by molar-refractivity contribution is -0.114. The number of rotatable bonds is 6. The van der Waals surface area contributed by atoms with Crippen LogP contribution >= 0.6 is 0 Å². The van der Waals surface area contributed by atoms with Crippen LogP contribution in [-0.4, -0.2) is 21.8 Å². The smallest absolute Gasteiger partial charge is 0.271 e. The molecule has 28 heavy (non-hydrogen) atoms. The Morgan fingerprint density at radius 1 is 0.929 bits per heavy atom. The van der Waals surface area contributed by atoms with Gasteiger partial charge in [0, 0.05) is 18.3 Å². The molecule has 2 amide bonds. The maximum absolute atomic E-state index is 12.4. The van der Waals surface area contributed by atoms with Crippen LogP contribution in [0.3, 0.4) is 0 Å². The van der Waals surface area contributed by atoms with Gasteiger partial charge >= 0.3 is 0 Å². The summed E-state index contributed by atoms with van der Waals surface area (Å²) < 4.78 is 0. The van der Waals surface area contributed by atoms with E-state index in [4.69, 9.17) is 0 Å².